The maximum Gasteiger partial charge on any atom is 0.405 e. The zero-order chi connectivity index (χ0) is 15.2. The summed E-state index contributed by atoms with van der Waals surface area (Å²) in [6.07, 6.45) is -4.41. The fourth-order valence-electron chi connectivity index (χ4n) is 1.32. The van der Waals surface area contributed by atoms with Crippen molar-refractivity contribution in [2.45, 2.75) is 12.7 Å². The molecule has 0 saturated heterocycles. The van der Waals surface area contributed by atoms with Gasteiger partial charge < -0.3 is 16.0 Å². The zero-order valence-corrected chi connectivity index (χ0v) is 11.6. The Morgan fingerprint density at radius 3 is 2.85 bits per heavy atom. The van der Waals surface area contributed by atoms with E-state index in [9.17, 15) is 18.0 Å². The van der Waals surface area contributed by atoms with Crippen LogP contribution in [0.2, 0.25) is 0 Å². The topological polar surface area (TPSA) is 58.4 Å². The van der Waals surface area contributed by atoms with Gasteiger partial charge in [0.2, 0.25) is 0 Å². The fourth-order valence-corrected chi connectivity index (χ4v) is 2.09. The highest BCUT2D eigenvalue weighted by Gasteiger charge is 2.28. The summed E-state index contributed by atoms with van der Waals surface area (Å²) in [6, 6.07) is 1.00. The van der Waals surface area contributed by atoms with Crippen molar-refractivity contribution in [2.75, 3.05) is 20.1 Å². The van der Waals surface area contributed by atoms with Crippen LogP contribution in [-0.4, -0.2) is 37.2 Å². The molecule has 0 bridgehead atoms. The number of rotatable bonds is 3. The molecule has 0 saturated carbocycles. The van der Waals surface area contributed by atoms with Gasteiger partial charge in [-0.3, -0.25) is 0 Å². The summed E-state index contributed by atoms with van der Waals surface area (Å²) in [4.78, 5) is 13.4. The Labute approximate surface area is 118 Å². The van der Waals surface area contributed by atoms with Crippen molar-refractivity contribution < 1.29 is 18.0 Å². The van der Waals surface area contributed by atoms with E-state index in [4.69, 9.17) is 5.73 Å². The van der Waals surface area contributed by atoms with E-state index in [1.54, 1.807) is 16.8 Å². The number of hydrogen-bond acceptors (Lipinski definition) is 3. The molecule has 1 heterocycles. The van der Waals surface area contributed by atoms with Crippen LogP contribution >= 0.6 is 11.3 Å². The molecule has 3 N–H and O–H groups in total. The third kappa shape index (κ3) is 5.95. The van der Waals surface area contributed by atoms with E-state index in [1.807, 2.05) is 0 Å². The number of hydrogen-bond donors (Lipinski definition) is 2. The first-order valence-corrected chi connectivity index (χ1v) is 6.52. The van der Waals surface area contributed by atoms with E-state index >= 15 is 0 Å². The van der Waals surface area contributed by atoms with Crippen molar-refractivity contribution in [1.29, 1.82) is 0 Å². The number of carbonyl (C=O) groups excluding carboxylic acids is 1. The number of urea groups is 1. The number of nitrogens with zero attached hydrogens (tertiary/aromatic N) is 1. The molecule has 110 valence electrons. The first kappa shape index (κ1) is 16.3. The number of amides is 2. The molecule has 0 spiro atoms. The monoisotopic (exact) mass is 305 g/mol. The number of halogens is 3. The highest BCUT2D eigenvalue weighted by atomic mass is 32.1. The summed E-state index contributed by atoms with van der Waals surface area (Å²) in [5.41, 5.74) is 6.06. The standard InChI is InChI=1S/C12H14F3N3OS/c1-18(11(19)17-8-12(13,14)15)6-9-5-10(20-7-9)3-2-4-16/h5,7H,4,6,8,16H2,1H3,(H,17,19). The Morgan fingerprint density at radius 2 is 2.25 bits per heavy atom. The van der Waals surface area contributed by atoms with Gasteiger partial charge in [-0.05, 0) is 17.0 Å². The van der Waals surface area contributed by atoms with E-state index in [0.717, 1.165) is 10.4 Å². The number of carbonyl (C=O) groups is 1. The maximum absolute atomic E-state index is 12.0. The van der Waals surface area contributed by atoms with Crippen molar-refractivity contribution in [2.24, 2.45) is 5.73 Å². The summed E-state index contributed by atoms with van der Waals surface area (Å²) < 4.78 is 35.9. The van der Waals surface area contributed by atoms with Gasteiger partial charge in [-0.15, -0.1) is 11.3 Å². The second kappa shape index (κ2) is 7.17. The molecule has 8 heteroatoms. The molecule has 0 atom stereocenters. The molecule has 0 aromatic carbocycles. The minimum atomic E-state index is -4.41. The van der Waals surface area contributed by atoms with Crippen LogP contribution in [0.15, 0.2) is 11.4 Å². The Hall–Kier alpha value is -1.72. The number of nitrogens with one attached hydrogen (secondary N) is 1. The molecular weight excluding hydrogens is 291 g/mol. The van der Waals surface area contributed by atoms with Gasteiger partial charge in [0.15, 0.2) is 0 Å². The normalized spacial score (nSPS) is 10.7. The van der Waals surface area contributed by atoms with Crippen LogP contribution in [0.1, 0.15) is 10.4 Å². The highest BCUT2D eigenvalue weighted by molar-refractivity contribution is 7.10. The lowest BCUT2D eigenvalue weighted by Gasteiger charge is -2.18. The second-order valence-corrected chi connectivity index (χ2v) is 4.87. The third-order valence-electron chi connectivity index (χ3n) is 2.17. The molecule has 0 fully saturated rings. The molecule has 0 aliphatic heterocycles. The summed E-state index contributed by atoms with van der Waals surface area (Å²) in [5.74, 6) is 5.55. The minimum absolute atomic E-state index is 0.213. The van der Waals surface area contributed by atoms with Gasteiger partial charge in [0, 0.05) is 13.6 Å². The molecular formula is C12H14F3N3OS. The molecule has 1 aromatic rings. The molecule has 0 aliphatic rings. The van der Waals surface area contributed by atoms with Crippen molar-refractivity contribution >= 4 is 17.4 Å². The molecule has 0 aliphatic carbocycles. The van der Waals surface area contributed by atoms with Gasteiger partial charge in [-0.2, -0.15) is 13.2 Å². The Bertz CT molecular complexity index is 516. The van der Waals surface area contributed by atoms with Gasteiger partial charge in [-0.25, -0.2) is 4.79 Å². The van der Waals surface area contributed by atoms with Crippen LogP contribution < -0.4 is 11.1 Å². The molecule has 0 radical (unpaired) electrons. The van der Waals surface area contributed by atoms with Crippen molar-refractivity contribution in [1.82, 2.24) is 10.2 Å². The summed E-state index contributed by atoms with van der Waals surface area (Å²) in [7, 11) is 1.43. The molecule has 4 nitrogen and oxygen atoms in total. The molecule has 20 heavy (non-hydrogen) atoms. The van der Waals surface area contributed by atoms with E-state index in [-0.39, 0.29) is 13.1 Å². The number of thiophene rings is 1. The first-order valence-electron chi connectivity index (χ1n) is 5.64. The second-order valence-electron chi connectivity index (χ2n) is 3.96. The maximum atomic E-state index is 12.0. The Morgan fingerprint density at radius 1 is 1.55 bits per heavy atom. The van der Waals surface area contributed by atoms with E-state index < -0.39 is 18.8 Å². The zero-order valence-electron chi connectivity index (χ0n) is 10.8. The van der Waals surface area contributed by atoms with Gasteiger partial charge in [-0.1, -0.05) is 11.8 Å². The summed E-state index contributed by atoms with van der Waals surface area (Å²) >= 11 is 1.39. The Balaban J connectivity index is 2.51. The van der Waals surface area contributed by atoms with Crippen LogP contribution in [-0.2, 0) is 6.54 Å². The lowest BCUT2D eigenvalue weighted by atomic mass is 10.3. The molecule has 0 unspecified atom stereocenters. The number of nitrogens with two attached hydrogens (primary N) is 1. The van der Waals surface area contributed by atoms with Gasteiger partial charge >= 0.3 is 12.2 Å². The van der Waals surface area contributed by atoms with Crippen molar-refractivity contribution in [3.05, 3.63) is 21.9 Å². The summed E-state index contributed by atoms with van der Waals surface area (Å²) in [6.45, 7) is -0.871. The van der Waals surface area contributed by atoms with Gasteiger partial charge in [0.1, 0.15) is 6.54 Å². The van der Waals surface area contributed by atoms with Gasteiger partial charge in [0.05, 0.1) is 11.4 Å². The van der Waals surface area contributed by atoms with Gasteiger partial charge in [0.25, 0.3) is 0 Å². The lowest BCUT2D eigenvalue weighted by Crippen LogP contribution is -2.41. The van der Waals surface area contributed by atoms with E-state index in [0.29, 0.717) is 0 Å². The molecule has 1 aromatic heterocycles. The quantitative estimate of drug-likeness (QED) is 0.836. The van der Waals surface area contributed by atoms with E-state index in [2.05, 4.69) is 11.8 Å². The van der Waals surface area contributed by atoms with E-state index in [1.165, 1.54) is 23.3 Å². The predicted molar refractivity (Wildman–Crippen MR) is 71.2 cm³/mol. The third-order valence-corrected chi connectivity index (χ3v) is 3.07. The SMILES string of the molecule is CN(Cc1csc(C#CCN)c1)C(=O)NCC(F)(F)F. The molecule has 2 amide bonds. The lowest BCUT2D eigenvalue weighted by molar-refractivity contribution is -0.123. The average Bonchev–Trinajstić information content (AvgIpc) is 2.80. The molecule has 1 rings (SSSR count). The van der Waals surface area contributed by atoms with Crippen LogP contribution in [0, 0.1) is 11.8 Å². The average molecular weight is 305 g/mol. The van der Waals surface area contributed by atoms with Crippen LogP contribution in [0.5, 0.6) is 0 Å². The minimum Gasteiger partial charge on any atom is -0.329 e. The first-order chi connectivity index (χ1) is 9.31. The predicted octanol–water partition coefficient (Wildman–Crippen LogP) is 1.76. The smallest absolute Gasteiger partial charge is 0.329 e. The highest BCUT2D eigenvalue weighted by Crippen LogP contribution is 2.15. The number of alkyl halides is 3. The Kier molecular flexibility index (Phi) is 5.85. The summed E-state index contributed by atoms with van der Waals surface area (Å²) in [5, 5.41) is 3.60. The van der Waals surface area contributed by atoms with Crippen LogP contribution in [0.25, 0.3) is 0 Å². The van der Waals surface area contributed by atoms with Crippen molar-refractivity contribution in [3.8, 4) is 11.8 Å². The largest absolute Gasteiger partial charge is 0.405 e. The van der Waals surface area contributed by atoms with Crippen LogP contribution in [0.4, 0.5) is 18.0 Å². The van der Waals surface area contributed by atoms with Crippen molar-refractivity contribution in [3.63, 3.8) is 0 Å². The fraction of sp³-hybridized carbons (Fsp3) is 0.417. The van der Waals surface area contributed by atoms with Crippen LogP contribution in [0.3, 0.4) is 0 Å².